The number of nitrogens with zero attached hydrogens (tertiary/aromatic N) is 2. The van der Waals surface area contributed by atoms with E-state index in [2.05, 4.69) is 14.9 Å². The highest BCUT2D eigenvalue weighted by Crippen LogP contribution is 2.18. The molecule has 0 unspecified atom stereocenters. The maximum Gasteiger partial charge on any atom is 0.128 e. The summed E-state index contributed by atoms with van der Waals surface area (Å²) in [6, 6.07) is 12.8. The molecule has 3 aromatic rings. The molecule has 1 heterocycles. The number of rotatable bonds is 3. The fourth-order valence-corrected chi connectivity index (χ4v) is 2.31. The number of anilines is 1. The lowest BCUT2D eigenvalue weighted by Crippen LogP contribution is -2.07. The van der Waals surface area contributed by atoms with Crippen molar-refractivity contribution in [2.45, 2.75) is 13.5 Å². The number of halogens is 1. The molecule has 1 aromatic heterocycles. The first kappa shape index (κ1) is 12.7. The molecule has 1 N–H and O–H groups in total. The average Bonchev–Trinajstić information content (AvgIpc) is 2.77. The van der Waals surface area contributed by atoms with Crippen LogP contribution >= 0.6 is 0 Å². The summed E-state index contributed by atoms with van der Waals surface area (Å²) in [5, 5.41) is 3.25. The summed E-state index contributed by atoms with van der Waals surface area (Å²) in [6.45, 7) is 2.52. The maximum atomic E-state index is 13.3. The number of hydrogen-bond acceptors (Lipinski definition) is 2. The van der Waals surface area contributed by atoms with E-state index in [-0.39, 0.29) is 5.82 Å². The first-order valence-electron chi connectivity index (χ1n) is 6.55. The second-order valence-corrected chi connectivity index (χ2v) is 4.89. The SMILES string of the molecule is Cc1ccc(F)cc1NCc1nc2ccccc2n1C. The zero-order valence-corrected chi connectivity index (χ0v) is 11.5. The molecule has 0 bridgehead atoms. The van der Waals surface area contributed by atoms with Gasteiger partial charge in [0, 0.05) is 12.7 Å². The number of fused-ring (bicyclic) bond motifs is 1. The predicted molar refractivity (Wildman–Crippen MR) is 79.2 cm³/mol. The van der Waals surface area contributed by atoms with Crippen LogP contribution in [0.15, 0.2) is 42.5 Å². The topological polar surface area (TPSA) is 29.9 Å². The molecule has 0 spiro atoms. The van der Waals surface area contributed by atoms with Crippen LogP contribution in [0.4, 0.5) is 10.1 Å². The fourth-order valence-electron chi connectivity index (χ4n) is 2.31. The van der Waals surface area contributed by atoms with Crippen molar-refractivity contribution in [2.24, 2.45) is 7.05 Å². The molecule has 3 rings (SSSR count). The number of imidazole rings is 1. The van der Waals surface area contributed by atoms with Crippen LogP contribution in [0.5, 0.6) is 0 Å². The summed E-state index contributed by atoms with van der Waals surface area (Å²) in [7, 11) is 1.99. The van der Waals surface area contributed by atoms with Gasteiger partial charge in [0.15, 0.2) is 0 Å². The number of benzene rings is 2. The highest BCUT2D eigenvalue weighted by molar-refractivity contribution is 5.75. The summed E-state index contributed by atoms with van der Waals surface area (Å²) in [6.07, 6.45) is 0. The van der Waals surface area contributed by atoms with Crippen molar-refractivity contribution >= 4 is 16.7 Å². The second kappa shape index (κ2) is 4.96. The van der Waals surface area contributed by atoms with Gasteiger partial charge in [-0.1, -0.05) is 18.2 Å². The fraction of sp³-hybridized carbons (Fsp3) is 0.188. The molecular weight excluding hydrogens is 253 g/mol. The minimum Gasteiger partial charge on any atom is -0.378 e. The average molecular weight is 269 g/mol. The highest BCUT2D eigenvalue weighted by Gasteiger charge is 2.07. The van der Waals surface area contributed by atoms with E-state index in [4.69, 9.17) is 0 Å². The summed E-state index contributed by atoms with van der Waals surface area (Å²) >= 11 is 0. The van der Waals surface area contributed by atoms with Crippen molar-refractivity contribution in [2.75, 3.05) is 5.32 Å². The minimum absolute atomic E-state index is 0.233. The van der Waals surface area contributed by atoms with E-state index in [1.165, 1.54) is 12.1 Å². The summed E-state index contributed by atoms with van der Waals surface area (Å²) in [5.74, 6) is 0.693. The third kappa shape index (κ3) is 2.25. The molecule has 20 heavy (non-hydrogen) atoms. The van der Waals surface area contributed by atoms with Crippen molar-refractivity contribution in [3.05, 3.63) is 59.7 Å². The van der Waals surface area contributed by atoms with Crippen LogP contribution in [-0.2, 0) is 13.6 Å². The third-order valence-electron chi connectivity index (χ3n) is 3.52. The molecule has 0 aliphatic rings. The molecule has 0 aliphatic heterocycles. The molecule has 0 atom stereocenters. The smallest absolute Gasteiger partial charge is 0.128 e. The van der Waals surface area contributed by atoms with Gasteiger partial charge in [-0.25, -0.2) is 9.37 Å². The number of nitrogens with one attached hydrogen (secondary N) is 1. The summed E-state index contributed by atoms with van der Waals surface area (Å²) in [4.78, 5) is 4.59. The number of para-hydroxylation sites is 2. The van der Waals surface area contributed by atoms with Crippen molar-refractivity contribution in [3.8, 4) is 0 Å². The van der Waals surface area contributed by atoms with Crippen molar-refractivity contribution in [3.63, 3.8) is 0 Å². The molecular formula is C16H16FN3. The van der Waals surface area contributed by atoms with Gasteiger partial charge in [-0.2, -0.15) is 0 Å². The Bertz CT molecular complexity index is 762. The van der Waals surface area contributed by atoms with E-state index in [0.717, 1.165) is 28.1 Å². The number of aromatic nitrogens is 2. The molecule has 0 aliphatic carbocycles. The van der Waals surface area contributed by atoms with E-state index in [9.17, 15) is 4.39 Å². The van der Waals surface area contributed by atoms with Gasteiger partial charge in [0.1, 0.15) is 11.6 Å². The Kier molecular flexibility index (Phi) is 3.14. The Morgan fingerprint density at radius 1 is 1.20 bits per heavy atom. The van der Waals surface area contributed by atoms with Crippen molar-refractivity contribution in [1.82, 2.24) is 9.55 Å². The van der Waals surface area contributed by atoms with Crippen LogP contribution in [0.25, 0.3) is 11.0 Å². The van der Waals surface area contributed by atoms with Crippen LogP contribution in [0.3, 0.4) is 0 Å². The molecule has 0 saturated heterocycles. The lowest BCUT2D eigenvalue weighted by atomic mass is 10.2. The second-order valence-electron chi connectivity index (χ2n) is 4.89. The van der Waals surface area contributed by atoms with Gasteiger partial charge in [0.25, 0.3) is 0 Å². The van der Waals surface area contributed by atoms with Gasteiger partial charge in [0.05, 0.1) is 17.6 Å². The lowest BCUT2D eigenvalue weighted by Gasteiger charge is -2.09. The summed E-state index contributed by atoms with van der Waals surface area (Å²) < 4.78 is 15.3. The van der Waals surface area contributed by atoms with Crippen molar-refractivity contribution in [1.29, 1.82) is 0 Å². The zero-order valence-electron chi connectivity index (χ0n) is 11.5. The molecule has 3 nitrogen and oxygen atoms in total. The highest BCUT2D eigenvalue weighted by atomic mass is 19.1. The van der Waals surface area contributed by atoms with Crippen LogP contribution in [-0.4, -0.2) is 9.55 Å². The van der Waals surface area contributed by atoms with Gasteiger partial charge >= 0.3 is 0 Å². The molecule has 0 fully saturated rings. The molecule has 2 aromatic carbocycles. The molecule has 0 radical (unpaired) electrons. The molecule has 102 valence electrons. The Balaban J connectivity index is 1.87. The van der Waals surface area contributed by atoms with Crippen LogP contribution in [0.1, 0.15) is 11.4 Å². The quantitative estimate of drug-likeness (QED) is 0.786. The van der Waals surface area contributed by atoms with E-state index in [1.807, 2.05) is 38.2 Å². The number of aryl methyl sites for hydroxylation is 2. The van der Waals surface area contributed by atoms with Gasteiger partial charge in [-0.3, -0.25) is 0 Å². The lowest BCUT2D eigenvalue weighted by molar-refractivity contribution is 0.627. The Hall–Kier alpha value is -2.36. The van der Waals surface area contributed by atoms with Crippen LogP contribution in [0.2, 0.25) is 0 Å². The van der Waals surface area contributed by atoms with Gasteiger partial charge in [0.2, 0.25) is 0 Å². The van der Waals surface area contributed by atoms with Crippen LogP contribution in [0, 0.1) is 12.7 Å². The molecule has 0 saturated carbocycles. The van der Waals surface area contributed by atoms with Gasteiger partial charge < -0.3 is 9.88 Å². The van der Waals surface area contributed by atoms with E-state index >= 15 is 0 Å². The normalized spacial score (nSPS) is 10.9. The first-order chi connectivity index (χ1) is 9.65. The van der Waals surface area contributed by atoms with E-state index < -0.39 is 0 Å². The van der Waals surface area contributed by atoms with Crippen molar-refractivity contribution < 1.29 is 4.39 Å². The zero-order chi connectivity index (χ0) is 14.1. The Labute approximate surface area is 117 Å². The Morgan fingerprint density at radius 2 is 2.00 bits per heavy atom. The van der Waals surface area contributed by atoms with E-state index in [1.54, 1.807) is 6.07 Å². The predicted octanol–water partition coefficient (Wildman–Crippen LogP) is 3.63. The summed E-state index contributed by atoms with van der Waals surface area (Å²) in [5.41, 5.74) is 3.89. The number of hydrogen-bond donors (Lipinski definition) is 1. The standard InChI is InChI=1S/C16H16FN3/c1-11-7-8-12(17)9-14(11)18-10-16-19-13-5-3-4-6-15(13)20(16)2/h3-9,18H,10H2,1-2H3. The first-order valence-corrected chi connectivity index (χ1v) is 6.55. The van der Waals surface area contributed by atoms with E-state index in [0.29, 0.717) is 6.54 Å². The molecule has 0 amide bonds. The van der Waals surface area contributed by atoms with Gasteiger partial charge in [-0.05, 0) is 36.8 Å². The van der Waals surface area contributed by atoms with Gasteiger partial charge in [-0.15, -0.1) is 0 Å². The molecule has 4 heteroatoms. The Morgan fingerprint density at radius 3 is 2.80 bits per heavy atom. The van der Waals surface area contributed by atoms with Crippen LogP contribution < -0.4 is 5.32 Å². The monoisotopic (exact) mass is 269 g/mol. The minimum atomic E-state index is -0.233. The largest absolute Gasteiger partial charge is 0.378 e. The maximum absolute atomic E-state index is 13.3. The third-order valence-corrected chi connectivity index (χ3v) is 3.52.